The quantitative estimate of drug-likeness (QED) is 0.847. The lowest BCUT2D eigenvalue weighted by atomic mass is 9.90. The van der Waals surface area contributed by atoms with Gasteiger partial charge in [-0.25, -0.2) is 4.79 Å². The molecule has 0 bridgehead atoms. The van der Waals surface area contributed by atoms with Gasteiger partial charge in [0.25, 0.3) is 5.91 Å². The summed E-state index contributed by atoms with van der Waals surface area (Å²) in [6.45, 7) is 4.83. The lowest BCUT2D eigenvalue weighted by Crippen LogP contribution is -2.50. The number of hydrogen-bond donors (Lipinski definition) is 1. The maximum Gasteiger partial charge on any atom is 0.348 e. The van der Waals surface area contributed by atoms with Gasteiger partial charge in [-0.2, -0.15) is 5.26 Å². The number of esters is 1. The number of thiophene rings is 1. The molecule has 0 aromatic carbocycles. The average molecular weight is 315 g/mol. The monoisotopic (exact) mass is 314 g/mol. The van der Waals surface area contributed by atoms with Gasteiger partial charge >= 0.3 is 5.97 Å². The van der Waals surface area contributed by atoms with Crippen molar-refractivity contribution in [2.24, 2.45) is 5.92 Å². The zero-order valence-corrected chi connectivity index (χ0v) is 13.0. The fourth-order valence-electron chi connectivity index (χ4n) is 1.25. The van der Waals surface area contributed by atoms with E-state index >= 15 is 0 Å². The highest BCUT2D eigenvalue weighted by Crippen LogP contribution is 2.22. The van der Waals surface area contributed by atoms with E-state index in [1.807, 2.05) is 19.9 Å². The van der Waals surface area contributed by atoms with Gasteiger partial charge in [0.05, 0.1) is 10.4 Å². The van der Waals surface area contributed by atoms with Crippen molar-refractivity contribution in [1.82, 2.24) is 5.32 Å². The summed E-state index contributed by atoms with van der Waals surface area (Å²) < 4.78 is 5.34. The summed E-state index contributed by atoms with van der Waals surface area (Å²) in [4.78, 5) is 23.6. The Hall–Kier alpha value is -1.58. The Morgan fingerprint density at radius 3 is 2.65 bits per heavy atom. The van der Waals surface area contributed by atoms with Gasteiger partial charge in [-0.15, -0.1) is 11.3 Å². The number of nitriles is 1. The highest BCUT2D eigenvalue weighted by atomic mass is 35.5. The first-order valence-electron chi connectivity index (χ1n) is 5.93. The molecule has 0 spiro atoms. The minimum absolute atomic E-state index is 0.0664. The number of ether oxygens (including phenoxy) is 1. The Morgan fingerprint density at radius 1 is 1.55 bits per heavy atom. The summed E-state index contributed by atoms with van der Waals surface area (Å²) in [7, 11) is 0. The van der Waals surface area contributed by atoms with Gasteiger partial charge in [-0.3, -0.25) is 4.79 Å². The molecule has 0 aliphatic heterocycles. The molecule has 1 aromatic heterocycles. The van der Waals surface area contributed by atoms with Gasteiger partial charge in [-0.1, -0.05) is 25.4 Å². The van der Waals surface area contributed by atoms with Crippen molar-refractivity contribution in [1.29, 1.82) is 5.26 Å². The zero-order chi connectivity index (χ0) is 15.3. The van der Waals surface area contributed by atoms with Crippen LogP contribution in [0.15, 0.2) is 12.1 Å². The number of amides is 1. The number of nitrogens with zero attached hydrogens (tertiary/aromatic N) is 1. The van der Waals surface area contributed by atoms with Crippen molar-refractivity contribution in [2.45, 2.75) is 26.3 Å². The Bertz CT molecular complexity index is 550. The molecule has 1 amide bonds. The van der Waals surface area contributed by atoms with Crippen molar-refractivity contribution in [3.05, 3.63) is 21.3 Å². The van der Waals surface area contributed by atoms with Gasteiger partial charge in [0.1, 0.15) is 10.4 Å². The number of carbonyl (C=O) groups is 2. The van der Waals surface area contributed by atoms with E-state index in [-0.39, 0.29) is 5.92 Å². The fourth-order valence-corrected chi connectivity index (χ4v) is 2.19. The normalized spacial score (nSPS) is 13.4. The highest BCUT2D eigenvalue weighted by molar-refractivity contribution is 7.17. The largest absolute Gasteiger partial charge is 0.451 e. The Morgan fingerprint density at radius 2 is 2.20 bits per heavy atom. The summed E-state index contributed by atoms with van der Waals surface area (Å²) in [6.07, 6.45) is 0. The molecule has 5 nitrogen and oxygen atoms in total. The molecule has 0 fully saturated rings. The second-order valence-electron chi connectivity index (χ2n) is 4.70. The van der Waals surface area contributed by atoms with Crippen molar-refractivity contribution in [3.63, 3.8) is 0 Å². The van der Waals surface area contributed by atoms with E-state index < -0.39 is 24.0 Å². The molecule has 1 atom stereocenters. The van der Waals surface area contributed by atoms with Crippen LogP contribution in [0.4, 0.5) is 0 Å². The van der Waals surface area contributed by atoms with Crippen LogP contribution in [0.5, 0.6) is 0 Å². The van der Waals surface area contributed by atoms with E-state index in [1.54, 1.807) is 13.0 Å². The smallest absolute Gasteiger partial charge is 0.348 e. The molecule has 1 aromatic rings. The number of halogens is 1. The maximum absolute atomic E-state index is 11.7. The van der Waals surface area contributed by atoms with Crippen molar-refractivity contribution < 1.29 is 14.3 Å². The zero-order valence-electron chi connectivity index (χ0n) is 11.4. The Labute approximate surface area is 126 Å². The number of rotatable bonds is 5. The first-order valence-corrected chi connectivity index (χ1v) is 7.12. The topological polar surface area (TPSA) is 79.2 Å². The molecule has 1 heterocycles. The van der Waals surface area contributed by atoms with Gasteiger partial charge in [0, 0.05) is 0 Å². The standard InChI is InChI=1S/C13H15ClN2O3S/c1-8(2)13(3,7-15)16-11(17)6-19-12(18)9-4-5-10(14)20-9/h4-5,8H,6H2,1-3H3,(H,16,17)/t13-/m0/s1. The van der Waals surface area contributed by atoms with Crippen molar-refractivity contribution in [3.8, 4) is 6.07 Å². The second kappa shape index (κ2) is 6.73. The molecule has 7 heteroatoms. The van der Waals surface area contributed by atoms with Crippen LogP contribution in [-0.2, 0) is 9.53 Å². The lowest BCUT2D eigenvalue weighted by molar-refractivity contribution is -0.125. The molecule has 0 saturated heterocycles. The first kappa shape index (κ1) is 16.5. The number of carbonyl (C=O) groups excluding carboxylic acids is 2. The van der Waals surface area contributed by atoms with Crippen LogP contribution in [0, 0.1) is 17.2 Å². The molecule has 1 N–H and O–H groups in total. The maximum atomic E-state index is 11.7. The molecule has 0 unspecified atom stereocenters. The Kier molecular flexibility index (Phi) is 5.54. The third-order valence-electron chi connectivity index (χ3n) is 2.89. The molecule has 20 heavy (non-hydrogen) atoms. The first-order chi connectivity index (χ1) is 9.28. The predicted octanol–water partition coefficient (Wildman–Crippen LogP) is 2.61. The summed E-state index contributed by atoms with van der Waals surface area (Å²) >= 11 is 6.78. The van der Waals surface area contributed by atoms with Crippen LogP contribution in [-0.4, -0.2) is 24.0 Å². The van der Waals surface area contributed by atoms with Gasteiger partial charge in [0.2, 0.25) is 0 Å². The molecule has 1 rings (SSSR count). The second-order valence-corrected chi connectivity index (χ2v) is 6.41. The van der Waals surface area contributed by atoms with Crippen LogP contribution in [0.1, 0.15) is 30.4 Å². The molecular weight excluding hydrogens is 300 g/mol. The molecule has 0 saturated carbocycles. The predicted molar refractivity (Wildman–Crippen MR) is 76.6 cm³/mol. The highest BCUT2D eigenvalue weighted by Gasteiger charge is 2.30. The summed E-state index contributed by atoms with van der Waals surface area (Å²) in [6, 6.07) is 5.15. The molecule has 0 radical (unpaired) electrons. The molecular formula is C13H15ClN2O3S. The third-order valence-corrected chi connectivity index (χ3v) is 4.11. The van der Waals surface area contributed by atoms with Crippen LogP contribution in [0.3, 0.4) is 0 Å². The molecule has 0 aliphatic rings. The van der Waals surface area contributed by atoms with Crippen molar-refractivity contribution >= 4 is 34.8 Å². The summed E-state index contributed by atoms with van der Waals surface area (Å²) in [5.41, 5.74) is -0.990. The number of nitrogens with one attached hydrogen (secondary N) is 1. The number of hydrogen-bond acceptors (Lipinski definition) is 5. The van der Waals surface area contributed by atoms with Crippen molar-refractivity contribution in [2.75, 3.05) is 6.61 Å². The molecule has 108 valence electrons. The van der Waals surface area contributed by atoms with E-state index in [2.05, 4.69) is 5.32 Å². The minimum Gasteiger partial charge on any atom is -0.451 e. The Balaban J connectivity index is 2.52. The van der Waals surface area contributed by atoms with E-state index in [0.29, 0.717) is 9.21 Å². The summed E-state index contributed by atoms with van der Waals surface area (Å²) in [5, 5.41) is 11.6. The van der Waals surface area contributed by atoms with Gasteiger partial charge in [-0.05, 0) is 25.0 Å². The SMILES string of the molecule is CC(C)[C@](C)(C#N)NC(=O)COC(=O)c1ccc(Cl)s1. The van der Waals surface area contributed by atoms with Crippen LogP contribution in [0.2, 0.25) is 4.34 Å². The van der Waals surface area contributed by atoms with Crippen LogP contribution in [0.25, 0.3) is 0 Å². The van der Waals surface area contributed by atoms with Gasteiger partial charge in [0.15, 0.2) is 6.61 Å². The average Bonchev–Trinajstić information content (AvgIpc) is 2.82. The third kappa shape index (κ3) is 4.22. The lowest BCUT2D eigenvalue weighted by Gasteiger charge is -2.27. The van der Waals surface area contributed by atoms with E-state index in [0.717, 1.165) is 11.3 Å². The van der Waals surface area contributed by atoms with Gasteiger partial charge < -0.3 is 10.1 Å². The van der Waals surface area contributed by atoms with E-state index in [4.69, 9.17) is 21.6 Å². The van der Waals surface area contributed by atoms with Crippen LogP contribution >= 0.6 is 22.9 Å². The van der Waals surface area contributed by atoms with E-state index in [9.17, 15) is 9.59 Å². The van der Waals surface area contributed by atoms with E-state index in [1.165, 1.54) is 6.07 Å². The molecule has 0 aliphatic carbocycles. The summed E-state index contributed by atoms with van der Waals surface area (Å²) in [5.74, 6) is -1.19. The minimum atomic E-state index is -0.990. The van der Waals surface area contributed by atoms with Crippen LogP contribution < -0.4 is 5.32 Å². The fraction of sp³-hybridized carbons (Fsp3) is 0.462.